The van der Waals surface area contributed by atoms with E-state index in [2.05, 4.69) is 40.3 Å². The van der Waals surface area contributed by atoms with Crippen LogP contribution in [0.1, 0.15) is 49.1 Å². The molecular formula is C48H48Cl2N10O10S2. The second kappa shape index (κ2) is 23.0. The molecule has 0 aliphatic heterocycles. The largest absolute Gasteiger partial charge is 0.494 e. The third-order valence-electron chi connectivity index (χ3n) is 11.3. The van der Waals surface area contributed by atoms with Crippen LogP contribution < -0.4 is 18.9 Å². The maximum absolute atomic E-state index is 13.5. The number of hydrogen-bond acceptors (Lipinski definition) is 18. The topological polar surface area (TPSA) is 259 Å². The molecule has 20 nitrogen and oxygen atoms in total. The third kappa shape index (κ3) is 11.5. The Hall–Kier alpha value is -7.08. The minimum Gasteiger partial charge on any atom is -0.494 e. The number of halogens is 2. The van der Waals surface area contributed by atoms with Gasteiger partial charge in [0.2, 0.25) is 0 Å². The summed E-state index contributed by atoms with van der Waals surface area (Å²) in [6, 6.07) is 26.7. The van der Waals surface area contributed by atoms with E-state index in [-0.39, 0.29) is 33.3 Å². The van der Waals surface area contributed by atoms with Gasteiger partial charge in [0.15, 0.2) is 43.0 Å². The molecule has 0 saturated heterocycles. The van der Waals surface area contributed by atoms with Gasteiger partial charge < -0.3 is 29.2 Å². The summed E-state index contributed by atoms with van der Waals surface area (Å²) in [7, 11) is -1.93. The molecule has 2 N–H and O–H groups in total. The van der Waals surface area contributed by atoms with Crippen molar-refractivity contribution in [1.82, 2.24) is 49.5 Å². The smallest absolute Gasteiger partial charge is 0.170 e. The van der Waals surface area contributed by atoms with Gasteiger partial charge in [-0.25, -0.2) is 26.8 Å². The molecule has 0 aliphatic rings. The van der Waals surface area contributed by atoms with Crippen molar-refractivity contribution in [3.63, 3.8) is 0 Å². The number of sulfone groups is 2. The van der Waals surface area contributed by atoms with E-state index in [0.29, 0.717) is 57.1 Å². The van der Waals surface area contributed by atoms with Crippen molar-refractivity contribution in [3.05, 3.63) is 155 Å². The Kier molecular flexibility index (Phi) is 16.8. The molecule has 0 amide bonds. The van der Waals surface area contributed by atoms with E-state index in [1.807, 2.05) is 0 Å². The van der Waals surface area contributed by atoms with Gasteiger partial charge in [0.1, 0.15) is 68.4 Å². The molecule has 0 saturated carbocycles. The number of hydrogen-bond donors (Lipinski definition) is 2. The summed E-state index contributed by atoms with van der Waals surface area (Å²) in [5, 5.41) is 36.4. The van der Waals surface area contributed by atoms with E-state index in [0.717, 1.165) is 0 Å². The van der Waals surface area contributed by atoms with Crippen molar-refractivity contribution >= 4 is 42.9 Å². The van der Waals surface area contributed by atoms with Crippen molar-refractivity contribution in [1.29, 1.82) is 0 Å². The Morgan fingerprint density at radius 2 is 0.861 bits per heavy atom. The number of rotatable bonds is 18. The van der Waals surface area contributed by atoms with Crippen LogP contribution in [0.3, 0.4) is 0 Å². The van der Waals surface area contributed by atoms with Gasteiger partial charge in [-0.05, 0) is 86.6 Å². The number of para-hydroxylation sites is 2. The number of aromatic nitrogens is 10. The summed E-state index contributed by atoms with van der Waals surface area (Å²) in [5.74, 6) is 1.55. The Labute approximate surface area is 425 Å². The number of methoxy groups -OCH3 is 4. The maximum atomic E-state index is 13.5. The zero-order valence-corrected chi connectivity index (χ0v) is 42.6. The molecule has 8 aromatic rings. The van der Waals surface area contributed by atoms with Gasteiger partial charge in [-0.1, -0.05) is 47.5 Å². The van der Waals surface area contributed by atoms with Gasteiger partial charge in [0.25, 0.3) is 0 Å². The van der Waals surface area contributed by atoms with Crippen molar-refractivity contribution in [2.75, 3.05) is 28.4 Å². The molecule has 0 radical (unpaired) electrons. The zero-order valence-electron chi connectivity index (χ0n) is 39.5. The quantitative estimate of drug-likeness (QED) is 0.0831. The molecule has 4 atom stereocenters. The van der Waals surface area contributed by atoms with Gasteiger partial charge >= 0.3 is 0 Å². The lowest BCUT2D eigenvalue weighted by molar-refractivity contribution is 0.171. The van der Waals surface area contributed by atoms with E-state index in [1.165, 1.54) is 54.4 Å². The highest BCUT2D eigenvalue weighted by Crippen LogP contribution is 2.39. The van der Waals surface area contributed by atoms with E-state index in [4.69, 9.17) is 42.1 Å². The van der Waals surface area contributed by atoms with Gasteiger partial charge in [0.05, 0.1) is 50.3 Å². The second-order valence-electron chi connectivity index (χ2n) is 15.7. The molecule has 0 aliphatic carbocycles. The van der Waals surface area contributed by atoms with Crippen LogP contribution in [0.2, 0.25) is 10.3 Å². The van der Waals surface area contributed by atoms with Gasteiger partial charge in [0, 0.05) is 35.9 Å². The number of pyridine rings is 4. The predicted molar refractivity (Wildman–Crippen MR) is 268 cm³/mol. The molecule has 0 fully saturated rings. The van der Waals surface area contributed by atoms with Crippen molar-refractivity contribution in [2.45, 2.75) is 48.1 Å². The fourth-order valence-corrected chi connectivity index (χ4v) is 10.5. The average Bonchev–Trinajstić information content (AvgIpc) is 4.00. The first kappa shape index (κ1) is 52.7. The van der Waals surface area contributed by atoms with Crippen LogP contribution in [0.25, 0.3) is 34.2 Å². The lowest BCUT2D eigenvalue weighted by Crippen LogP contribution is -2.28. The fraction of sp³-hybridized carbons (Fsp3) is 0.250. The number of aliphatic hydroxyl groups excluding tert-OH is 2. The SMILES string of the molecule is COc1cccc(OC)c1-n1c(CS(=O)(=O)[C@@H](C)[C@H](O)c2cccc(Cl)n2)nnc1-c1cccnc1.COc1cccc(OC)c1-n1c(CS(=O)(=O)[C@H](C)[C@@H](O)c2cccc(Cl)n2)nnc1-c1cccnc1. The summed E-state index contributed by atoms with van der Waals surface area (Å²) in [4.78, 5) is 16.4. The summed E-state index contributed by atoms with van der Waals surface area (Å²) >= 11 is 11.8. The minimum atomic E-state index is -3.97. The molecule has 2 aromatic carbocycles. The first-order chi connectivity index (χ1) is 34.5. The van der Waals surface area contributed by atoms with Gasteiger partial charge in [-0.15, -0.1) is 20.4 Å². The first-order valence-corrected chi connectivity index (χ1v) is 25.9. The normalized spacial score (nSPS) is 13.2. The van der Waals surface area contributed by atoms with E-state index in [1.54, 1.807) is 119 Å². The monoisotopic (exact) mass is 1060 g/mol. The molecule has 6 aromatic heterocycles. The molecule has 24 heteroatoms. The summed E-state index contributed by atoms with van der Waals surface area (Å²) in [5.41, 5.74) is 2.39. The van der Waals surface area contributed by atoms with Crippen molar-refractivity contribution < 1.29 is 46.0 Å². The van der Waals surface area contributed by atoms with E-state index >= 15 is 0 Å². The number of nitrogens with zero attached hydrogens (tertiary/aromatic N) is 10. The van der Waals surface area contributed by atoms with E-state index < -0.39 is 53.9 Å². The van der Waals surface area contributed by atoms with Gasteiger partial charge in [-0.3, -0.25) is 19.1 Å². The van der Waals surface area contributed by atoms with E-state index in [9.17, 15) is 27.0 Å². The Morgan fingerprint density at radius 3 is 1.17 bits per heavy atom. The first-order valence-electron chi connectivity index (χ1n) is 21.7. The second-order valence-corrected chi connectivity index (χ2v) is 21.2. The van der Waals surface area contributed by atoms with Crippen molar-refractivity contribution in [2.24, 2.45) is 0 Å². The molecule has 0 unspecified atom stereocenters. The van der Waals surface area contributed by atoms with Crippen LogP contribution in [0.5, 0.6) is 23.0 Å². The zero-order chi connectivity index (χ0) is 51.7. The molecule has 72 heavy (non-hydrogen) atoms. The predicted octanol–water partition coefficient (Wildman–Crippen LogP) is 6.86. The third-order valence-corrected chi connectivity index (χ3v) is 15.8. The minimum absolute atomic E-state index is 0.106. The number of benzene rings is 2. The Morgan fingerprint density at radius 1 is 0.514 bits per heavy atom. The van der Waals surface area contributed by atoms with Crippen molar-refractivity contribution in [3.8, 4) is 57.1 Å². The molecule has 0 bridgehead atoms. The Bertz CT molecular complexity index is 3100. The highest BCUT2D eigenvalue weighted by molar-refractivity contribution is 7.91. The molecular weight excluding hydrogens is 1010 g/mol. The fourth-order valence-electron chi connectivity index (χ4n) is 7.43. The summed E-state index contributed by atoms with van der Waals surface area (Å²) < 4.78 is 79.2. The molecule has 6 heterocycles. The van der Waals surface area contributed by atoms with Crippen LogP contribution in [0, 0.1) is 0 Å². The van der Waals surface area contributed by atoms with Crippen LogP contribution in [-0.4, -0.2) is 115 Å². The summed E-state index contributed by atoms with van der Waals surface area (Å²) in [6.45, 7) is 2.82. The molecule has 0 spiro atoms. The van der Waals surface area contributed by atoms with Crippen LogP contribution in [0.15, 0.2) is 122 Å². The molecule has 376 valence electrons. The highest BCUT2D eigenvalue weighted by Gasteiger charge is 2.35. The van der Waals surface area contributed by atoms with Gasteiger partial charge in [-0.2, -0.15) is 0 Å². The average molecular weight is 1060 g/mol. The summed E-state index contributed by atoms with van der Waals surface area (Å²) in [6.07, 6.45) is 3.63. The highest BCUT2D eigenvalue weighted by atomic mass is 35.5. The lowest BCUT2D eigenvalue weighted by Gasteiger charge is -2.20. The maximum Gasteiger partial charge on any atom is 0.170 e. The molecule has 8 rings (SSSR count). The lowest BCUT2D eigenvalue weighted by atomic mass is 10.2. The standard InChI is InChI=1S/2C24H24ClN5O5S/c2*1-15(23(31)17-8-4-11-20(25)27-17)36(32,33)14-21-28-29-24(16-7-6-12-26-13-16)30(21)22-18(34-2)9-5-10-19(22)35-3/h2*4-13,15,23,31H,14H2,1-3H3/t2*15-,23-/m10/s1. The number of aliphatic hydroxyl groups is 2. The Balaban J connectivity index is 0.000000211. The van der Waals surface area contributed by atoms with Crippen LogP contribution >= 0.6 is 23.2 Å². The van der Waals surface area contributed by atoms with Crippen LogP contribution in [0.4, 0.5) is 0 Å². The number of ether oxygens (including phenoxy) is 4. The van der Waals surface area contributed by atoms with Crippen LogP contribution in [-0.2, 0) is 31.2 Å².